The molecule has 0 amide bonds. The molecule has 0 aliphatic carbocycles. The number of aliphatic hydroxyl groups is 1. The molecule has 2 N–H and O–H groups in total. The molecule has 0 bridgehead atoms. The maximum absolute atomic E-state index is 12.1. The molecule has 3 unspecified atom stereocenters. The summed E-state index contributed by atoms with van der Waals surface area (Å²) in [5.41, 5.74) is -2.85. The van der Waals surface area contributed by atoms with E-state index in [1.54, 1.807) is 12.2 Å². The van der Waals surface area contributed by atoms with Crippen LogP contribution in [-0.4, -0.2) is 39.8 Å². The van der Waals surface area contributed by atoms with E-state index in [-0.39, 0.29) is 18.6 Å². The van der Waals surface area contributed by atoms with Gasteiger partial charge in [0.1, 0.15) is 11.5 Å². The maximum atomic E-state index is 12.1. The molecule has 5 heteroatoms. The fourth-order valence-electron chi connectivity index (χ4n) is 2.89. The zero-order valence-corrected chi connectivity index (χ0v) is 16.8. The number of carboxylic acid groups (broad SMARTS) is 1. The highest BCUT2D eigenvalue weighted by atomic mass is 16.6. The predicted octanol–water partition coefficient (Wildman–Crippen LogP) is 4.27. The van der Waals surface area contributed by atoms with Gasteiger partial charge in [0.05, 0.1) is 11.7 Å². The monoisotopic (exact) mass is 368 g/mol. The van der Waals surface area contributed by atoms with Gasteiger partial charge in [-0.15, -0.1) is 0 Å². The lowest BCUT2D eigenvalue weighted by atomic mass is 9.82. The lowest BCUT2D eigenvalue weighted by Gasteiger charge is -2.24. The Labute approximate surface area is 157 Å². The van der Waals surface area contributed by atoms with Gasteiger partial charge in [-0.05, 0) is 27.2 Å². The van der Waals surface area contributed by atoms with Crippen LogP contribution in [-0.2, 0) is 14.3 Å². The van der Waals surface area contributed by atoms with E-state index in [9.17, 15) is 14.7 Å². The van der Waals surface area contributed by atoms with Crippen molar-refractivity contribution in [3.05, 3.63) is 12.2 Å². The fraction of sp³-hybridized carbons (Fsp3) is 0.810. The fourth-order valence-corrected chi connectivity index (χ4v) is 2.89. The quantitative estimate of drug-likeness (QED) is 0.207. The van der Waals surface area contributed by atoms with Gasteiger partial charge < -0.3 is 14.9 Å². The molecule has 0 aromatic rings. The minimum absolute atomic E-state index is 0.00384. The van der Waals surface area contributed by atoms with Crippen molar-refractivity contribution in [3.63, 3.8) is 0 Å². The smallest absolute Gasteiger partial charge is 0.316 e. The molecule has 1 saturated heterocycles. The first-order valence-electron chi connectivity index (χ1n) is 9.94. The van der Waals surface area contributed by atoms with Crippen molar-refractivity contribution in [3.8, 4) is 0 Å². The van der Waals surface area contributed by atoms with Crippen LogP contribution in [0.5, 0.6) is 0 Å². The molecule has 0 spiro atoms. The summed E-state index contributed by atoms with van der Waals surface area (Å²) in [7, 11) is 0. The number of hydrogen-bond donors (Lipinski definition) is 2. The molecule has 0 aromatic heterocycles. The van der Waals surface area contributed by atoms with E-state index in [1.807, 2.05) is 0 Å². The number of hydrogen-bond acceptors (Lipinski definition) is 4. The SMILES string of the molecule is CCCCCCCCCC1OC1/C=C/C(C)(O)CC(=O)C(C)(C)C(=O)O. The van der Waals surface area contributed by atoms with Crippen molar-refractivity contribution in [2.24, 2.45) is 5.41 Å². The molecule has 150 valence electrons. The first kappa shape index (κ1) is 22.8. The summed E-state index contributed by atoms with van der Waals surface area (Å²) in [6.07, 6.45) is 13.3. The highest BCUT2D eigenvalue weighted by Crippen LogP contribution is 2.30. The number of aliphatic carboxylic acids is 1. The largest absolute Gasteiger partial charge is 0.481 e. The summed E-state index contributed by atoms with van der Waals surface area (Å²) in [5, 5.41) is 19.4. The first-order valence-corrected chi connectivity index (χ1v) is 9.94. The van der Waals surface area contributed by atoms with E-state index < -0.39 is 22.8 Å². The van der Waals surface area contributed by atoms with Gasteiger partial charge >= 0.3 is 5.97 Å². The lowest BCUT2D eigenvalue weighted by Crippen LogP contribution is -2.38. The van der Waals surface area contributed by atoms with Crippen LogP contribution in [0.3, 0.4) is 0 Å². The minimum Gasteiger partial charge on any atom is -0.481 e. The third kappa shape index (κ3) is 8.00. The average molecular weight is 369 g/mol. The van der Waals surface area contributed by atoms with Crippen LogP contribution < -0.4 is 0 Å². The summed E-state index contributed by atoms with van der Waals surface area (Å²) >= 11 is 0. The lowest BCUT2D eigenvalue weighted by molar-refractivity contribution is -0.153. The zero-order chi connectivity index (χ0) is 19.8. The molecule has 26 heavy (non-hydrogen) atoms. The van der Waals surface area contributed by atoms with Gasteiger partial charge in [-0.1, -0.05) is 64.0 Å². The van der Waals surface area contributed by atoms with Gasteiger partial charge in [0.2, 0.25) is 0 Å². The number of rotatable bonds is 14. The van der Waals surface area contributed by atoms with Crippen LogP contribution in [0.15, 0.2) is 12.2 Å². The molecule has 5 nitrogen and oxygen atoms in total. The molecule has 1 aliphatic heterocycles. The summed E-state index contributed by atoms with van der Waals surface area (Å²) in [6.45, 7) is 6.46. The van der Waals surface area contributed by atoms with Crippen molar-refractivity contribution in [1.82, 2.24) is 0 Å². The molecule has 3 atom stereocenters. The molecular formula is C21H36O5. The summed E-state index contributed by atoms with van der Waals surface area (Å²) in [6, 6.07) is 0. The second-order valence-corrected chi connectivity index (χ2v) is 8.30. The third-order valence-electron chi connectivity index (χ3n) is 5.11. The van der Waals surface area contributed by atoms with E-state index in [4.69, 9.17) is 9.84 Å². The van der Waals surface area contributed by atoms with Crippen LogP contribution in [0, 0.1) is 5.41 Å². The topological polar surface area (TPSA) is 87.1 Å². The minimum atomic E-state index is -1.49. The molecule has 1 rings (SSSR count). The molecule has 0 saturated carbocycles. The van der Waals surface area contributed by atoms with E-state index in [0.29, 0.717) is 0 Å². The first-order chi connectivity index (χ1) is 12.1. The van der Waals surface area contributed by atoms with Crippen molar-refractivity contribution < 1.29 is 24.5 Å². The molecule has 1 aliphatic rings. The normalized spacial score (nSPS) is 22.3. The number of carbonyl (C=O) groups is 2. The highest BCUT2D eigenvalue weighted by molar-refractivity contribution is 6.02. The third-order valence-corrected chi connectivity index (χ3v) is 5.11. The van der Waals surface area contributed by atoms with Gasteiger partial charge in [0.25, 0.3) is 0 Å². The zero-order valence-electron chi connectivity index (χ0n) is 16.8. The Morgan fingerprint density at radius 3 is 2.19 bits per heavy atom. The number of ether oxygens (including phenoxy) is 1. The predicted molar refractivity (Wildman–Crippen MR) is 102 cm³/mol. The van der Waals surface area contributed by atoms with Gasteiger partial charge in [0, 0.05) is 6.42 Å². The second kappa shape index (κ2) is 10.2. The van der Waals surface area contributed by atoms with Crippen LogP contribution in [0.25, 0.3) is 0 Å². The van der Waals surface area contributed by atoms with E-state index in [2.05, 4.69) is 6.92 Å². The van der Waals surface area contributed by atoms with E-state index in [0.717, 1.165) is 12.8 Å². The number of carbonyl (C=O) groups excluding carboxylic acids is 1. The maximum Gasteiger partial charge on any atom is 0.316 e. The van der Waals surface area contributed by atoms with Gasteiger partial charge in [-0.3, -0.25) is 9.59 Å². The molecule has 1 fully saturated rings. The van der Waals surface area contributed by atoms with E-state index >= 15 is 0 Å². The van der Waals surface area contributed by atoms with Crippen LogP contribution in [0.4, 0.5) is 0 Å². The Balaban J connectivity index is 2.26. The molecule has 1 heterocycles. The number of unbranched alkanes of at least 4 members (excludes halogenated alkanes) is 6. The average Bonchev–Trinajstić information content (AvgIpc) is 3.30. The summed E-state index contributed by atoms with van der Waals surface area (Å²) in [5.74, 6) is -1.67. The Bertz CT molecular complexity index is 493. The number of Topliss-reactive ketones (excluding diaryl/α,β-unsaturated/α-hetero) is 1. The Morgan fingerprint density at radius 1 is 1.04 bits per heavy atom. The van der Waals surface area contributed by atoms with Crippen LogP contribution in [0.1, 0.15) is 85.5 Å². The summed E-state index contributed by atoms with van der Waals surface area (Å²) in [4.78, 5) is 23.2. The standard InChI is InChI=1S/C21H36O5/c1-5-6-7-8-9-10-11-12-16-17(26-16)13-14-21(4,25)15-18(22)20(2,3)19(23)24/h13-14,16-17,25H,5-12,15H2,1-4H3,(H,23,24)/b14-13+. The van der Waals surface area contributed by atoms with Gasteiger partial charge in [-0.25, -0.2) is 0 Å². The van der Waals surface area contributed by atoms with Crippen molar-refractivity contribution in [2.75, 3.05) is 0 Å². The van der Waals surface area contributed by atoms with E-state index in [1.165, 1.54) is 59.3 Å². The Kier molecular flexibility index (Phi) is 8.97. The number of epoxide rings is 1. The Hall–Kier alpha value is -1.20. The van der Waals surface area contributed by atoms with Crippen molar-refractivity contribution in [2.45, 2.75) is 103 Å². The molecule has 0 aromatic carbocycles. The van der Waals surface area contributed by atoms with Gasteiger partial charge in [0.15, 0.2) is 5.78 Å². The van der Waals surface area contributed by atoms with Crippen LogP contribution >= 0.6 is 0 Å². The summed E-state index contributed by atoms with van der Waals surface area (Å²) < 4.78 is 5.59. The second-order valence-electron chi connectivity index (χ2n) is 8.30. The highest BCUT2D eigenvalue weighted by Gasteiger charge is 2.40. The Morgan fingerprint density at radius 2 is 1.62 bits per heavy atom. The van der Waals surface area contributed by atoms with Gasteiger partial charge in [-0.2, -0.15) is 0 Å². The number of carboxylic acids is 1. The van der Waals surface area contributed by atoms with Crippen LogP contribution in [0.2, 0.25) is 0 Å². The van der Waals surface area contributed by atoms with Crippen molar-refractivity contribution >= 4 is 11.8 Å². The van der Waals surface area contributed by atoms with Crippen molar-refractivity contribution in [1.29, 1.82) is 0 Å². The molecular weight excluding hydrogens is 332 g/mol. The number of ketones is 1. The molecule has 0 radical (unpaired) electrons.